The lowest BCUT2D eigenvalue weighted by Crippen LogP contribution is -2.10. The summed E-state index contributed by atoms with van der Waals surface area (Å²) in [4.78, 5) is 12.6. The Morgan fingerprint density at radius 1 is 1.19 bits per heavy atom. The number of aryl methyl sites for hydroxylation is 1. The first kappa shape index (κ1) is 13.5. The van der Waals surface area contributed by atoms with Crippen LogP contribution in [0.3, 0.4) is 0 Å². The van der Waals surface area contributed by atoms with E-state index < -0.39 is 0 Å². The Kier molecular flexibility index (Phi) is 3.52. The summed E-state index contributed by atoms with van der Waals surface area (Å²) < 4.78 is 10.7. The average Bonchev–Trinajstić information content (AvgIpc) is 2.54. The molecule has 0 saturated carbocycles. The van der Waals surface area contributed by atoms with Crippen molar-refractivity contribution in [1.29, 1.82) is 0 Å². The fraction of sp³-hybridized carbons (Fsp3) is 0.235. The molecule has 2 aromatic rings. The minimum Gasteiger partial charge on any atom is -0.495 e. The van der Waals surface area contributed by atoms with Gasteiger partial charge in [-0.05, 0) is 54.8 Å². The van der Waals surface area contributed by atoms with Crippen LogP contribution in [0.1, 0.15) is 27.9 Å². The lowest BCUT2D eigenvalue weighted by molar-refractivity contribution is 0.103. The number of benzene rings is 2. The monoisotopic (exact) mass is 283 g/mol. The van der Waals surface area contributed by atoms with Crippen molar-refractivity contribution in [1.82, 2.24) is 0 Å². The molecular formula is C17H17NO3. The Bertz CT molecular complexity index is 694. The Hall–Kier alpha value is -2.49. The molecule has 108 valence electrons. The molecule has 0 radical (unpaired) electrons. The van der Waals surface area contributed by atoms with E-state index in [1.165, 1.54) is 7.11 Å². The van der Waals surface area contributed by atoms with E-state index in [4.69, 9.17) is 15.2 Å². The van der Waals surface area contributed by atoms with Gasteiger partial charge in [0, 0.05) is 11.1 Å². The predicted molar refractivity (Wildman–Crippen MR) is 81.1 cm³/mol. The number of nitrogens with two attached hydrogens (primary N) is 1. The highest BCUT2D eigenvalue weighted by molar-refractivity contribution is 6.09. The van der Waals surface area contributed by atoms with E-state index in [0.717, 1.165) is 30.8 Å². The van der Waals surface area contributed by atoms with Crippen LogP contribution in [0.25, 0.3) is 0 Å². The van der Waals surface area contributed by atoms with E-state index in [1.54, 1.807) is 24.3 Å². The lowest BCUT2D eigenvalue weighted by atomic mass is 9.98. The van der Waals surface area contributed by atoms with Gasteiger partial charge in [-0.2, -0.15) is 0 Å². The SMILES string of the molecule is COc1cc(C(=O)c2ccc3c(c2)CCCO3)ccc1N. The molecule has 0 amide bonds. The van der Waals surface area contributed by atoms with Crippen LogP contribution in [-0.4, -0.2) is 19.5 Å². The van der Waals surface area contributed by atoms with E-state index in [9.17, 15) is 4.79 Å². The van der Waals surface area contributed by atoms with Crippen molar-refractivity contribution < 1.29 is 14.3 Å². The predicted octanol–water partition coefficient (Wildman–Crippen LogP) is 2.83. The highest BCUT2D eigenvalue weighted by Crippen LogP contribution is 2.28. The number of rotatable bonds is 3. The van der Waals surface area contributed by atoms with Gasteiger partial charge in [0.05, 0.1) is 19.4 Å². The Morgan fingerprint density at radius 3 is 2.76 bits per heavy atom. The van der Waals surface area contributed by atoms with Crippen molar-refractivity contribution in [2.45, 2.75) is 12.8 Å². The molecule has 4 nitrogen and oxygen atoms in total. The fourth-order valence-electron chi connectivity index (χ4n) is 2.52. The highest BCUT2D eigenvalue weighted by atomic mass is 16.5. The van der Waals surface area contributed by atoms with Crippen LogP contribution in [0.4, 0.5) is 5.69 Å². The van der Waals surface area contributed by atoms with Gasteiger partial charge in [0.1, 0.15) is 11.5 Å². The van der Waals surface area contributed by atoms with Gasteiger partial charge in [0.25, 0.3) is 0 Å². The van der Waals surface area contributed by atoms with Gasteiger partial charge in [0.15, 0.2) is 5.78 Å². The average molecular weight is 283 g/mol. The van der Waals surface area contributed by atoms with Gasteiger partial charge >= 0.3 is 0 Å². The van der Waals surface area contributed by atoms with E-state index in [-0.39, 0.29) is 5.78 Å². The van der Waals surface area contributed by atoms with E-state index >= 15 is 0 Å². The summed E-state index contributed by atoms with van der Waals surface area (Å²) in [5, 5.41) is 0. The summed E-state index contributed by atoms with van der Waals surface area (Å²) >= 11 is 0. The molecule has 1 heterocycles. The van der Waals surface area contributed by atoms with Crippen molar-refractivity contribution >= 4 is 11.5 Å². The summed E-state index contributed by atoms with van der Waals surface area (Å²) in [5.41, 5.74) is 8.62. The second-order valence-electron chi connectivity index (χ2n) is 5.06. The number of carbonyl (C=O) groups is 1. The number of ketones is 1. The molecular weight excluding hydrogens is 266 g/mol. The maximum atomic E-state index is 12.6. The second kappa shape index (κ2) is 5.48. The standard InChI is InChI=1S/C17H17NO3/c1-20-16-10-13(4-6-14(16)18)17(19)12-5-7-15-11(9-12)3-2-8-21-15/h4-7,9-10H,2-3,8,18H2,1H3. The van der Waals surface area contributed by atoms with Crippen LogP contribution in [0.5, 0.6) is 11.5 Å². The molecule has 2 aromatic carbocycles. The van der Waals surface area contributed by atoms with Gasteiger partial charge in [-0.3, -0.25) is 4.79 Å². The number of ether oxygens (including phenoxy) is 2. The summed E-state index contributed by atoms with van der Waals surface area (Å²) in [6.45, 7) is 0.745. The first-order chi connectivity index (χ1) is 10.2. The van der Waals surface area contributed by atoms with Gasteiger partial charge < -0.3 is 15.2 Å². The number of carbonyl (C=O) groups excluding carboxylic acids is 1. The molecule has 2 N–H and O–H groups in total. The minimum atomic E-state index is -0.0401. The van der Waals surface area contributed by atoms with Gasteiger partial charge in [-0.25, -0.2) is 0 Å². The molecule has 3 rings (SSSR count). The maximum absolute atomic E-state index is 12.6. The topological polar surface area (TPSA) is 61.5 Å². The van der Waals surface area contributed by atoms with Crippen molar-refractivity contribution in [3.05, 3.63) is 53.1 Å². The number of hydrogen-bond donors (Lipinski definition) is 1. The van der Waals surface area contributed by atoms with Crippen molar-refractivity contribution in [3.63, 3.8) is 0 Å². The smallest absolute Gasteiger partial charge is 0.193 e. The third kappa shape index (κ3) is 2.57. The van der Waals surface area contributed by atoms with Gasteiger partial charge in [-0.1, -0.05) is 0 Å². The molecule has 0 spiro atoms. The Morgan fingerprint density at radius 2 is 1.95 bits per heavy atom. The molecule has 0 atom stereocenters. The molecule has 21 heavy (non-hydrogen) atoms. The molecule has 0 aliphatic carbocycles. The first-order valence-corrected chi connectivity index (χ1v) is 6.93. The van der Waals surface area contributed by atoms with Crippen LogP contribution in [0, 0.1) is 0 Å². The van der Waals surface area contributed by atoms with Crippen LogP contribution in [0.2, 0.25) is 0 Å². The quantitative estimate of drug-likeness (QED) is 0.695. The maximum Gasteiger partial charge on any atom is 0.193 e. The zero-order valence-corrected chi connectivity index (χ0v) is 11.9. The highest BCUT2D eigenvalue weighted by Gasteiger charge is 2.16. The molecule has 0 saturated heterocycles. The number of fused-ring (bicyclic) bond motifs is 1. The molecule has 4 heteroatoms. The van der Waals surface area contributed by atoms with Gasteiger partial charge in [-0.15, -0.1) is 0 Å². The fourth-order valence-corrected chi connectivity index (χ4v) is 2.52. The third-order valence-electron chi connectivity index (χ3n) is 3.67. The number of nitrogen functional groups attached to an aromatic ring is 1. The summed E-state index contributed by atoms with van der Waals surface area (Å²) in [6.07, 6.45) is 1.93. The van der Waals surface area contributed by atoms with Crippen molar-refractivity contribution in [2.75, 3.05) is 19.5 Å². The molecule has 0 aromatic heterocycles. The van der Waals surface area contributed by atoms with Crippen molar-refractivity contribution in [3.8, 4) is 11.5 Å². The second-order valence-corrected chi connectivity index (χ2v) is 5.06. The van der Waals surface area contributed by atoms with E-state index in [1.807, 2.05) is 12.1 Å². The van der Waals surface area contributed by atoms with Crippen LogP contribution in [0.15, 0.2) is 36.4 Å². The number of anilines is 1. The first-order valence-electron chi connectivity index (χ1n) is 6.93. The zero-order valence-electron chi connectivity index (χ0n) is 11.9. The number of hydrogen-bond acceptors (Lipinski definition) is 4. The number of methoxy groups -OCH3 is 1. The lowest BCUT2D eigenvalue weighted by Gasteiger charge is -2.17. The third-order valence-corrected chi connectivity index (χ3v) is 3.67. The summed E-state index contributed by atoms with van der Waals surface area (Å²) in [5.74, 6) is 1.36. The molecule has 0 bridgehead atoms. The van der Waals surface area contributed by atoms with Crippen LogP contribution < -0.4 is 15.2 Å². The van der Waals surface area contributed by atoms with Crippen LogP contribution >= 0.6 is 0 Å². The molecule has 1 aliphatic heterocycles. The minimum absolute atomic E-state index is 0.0401. The molecule has 1 aliphatic rings. The van der Waals surface area contributed by atoms with E-state index in [0.29, 0.717) is 22.6 Å². The normalized spacial score (nSPS) is 13.2. The van der Waals surface area contributed by atoms with E-state index in [2.05, 4.69) is 0 Å². The zero-order chi connectivity index (χ0) is 14.8. The van der Waals surface area contributed by atoms with Crippen molar-refractivity contribution in [2.24, 2.45) is 0 Å². The largest absolute Gasteiger partial charge is 0.495 e. The Labute approximate surface area is 123 Å². The summed E-state index contributed by atoms with van der Waals surface area (Å²) in [7, 11) is 1.54. The molecule has 0 fully saturated rings. The Balaban J connectivity index is 1.95. The molecule has 0 unspecified atom stereocenters. The summed E-state index contributed by atoms with van der Waals surface area (Å²) in [6, 6.07) is 10.7. The van der Waals surface area contributed by atoms with Crippen LogP contribution in [-0.2, 0) is 6.42 Å². The van der Waals surface area contributed by atoms with Gasteiger partial charge in [0.2, 0.25) is 0 Å².